The summed E-state index contributed by atoms with van der Waals surface area (Å²) in [6.07, 6.45) is 3.94. The number of carboxylic acids is 1. The number of aliphatic carboxylic acids is 1. The van der Waals surface area contributed by atoms with Gasteiger partial charge in [0.1, 0.15) is 5.76 Å². The zero-order valence-corrected chi connectivity index (χ0v) is 22.0. The van der Waals surface area contributed by atoms with Crippen LogP contribution in [0.25, 0.3) is 43.6 Å². The smallest absolute Gasteiger partial charge is 0.475 e. The van der Waals surface area contributed by atoms with Gasteiger partial charge in [-0.15, -0.1) is 0 Å². The number of aliphatic hydroxyl groups excluding tert-OH is 1. The molecule has 1 fully saturated rings. The molecule has 1 saturated carbocycles. The molecule has 4 aromatic heterocycles. The number of aliphatic hydroxyl groups is 1. The molecule has 10 nitrogen and oxygen atoms in total. The van der Waals surface area contributed by atoms with Crippen LogP contribution in [0.2, 0.25) is 0 Å². The summed E-state index contributed by atoms with van der Waals surface area (Å²) < 4.78 is 41.1. The van der Waals surface area contributed by atoms with E-state index in [0.29, 0.717) is 17.4 Å². The van der Waals surface area contributed by atoms with Crippen LogP contribution in [0.3, 0.4) is 0 Å². The Labute approximate surface area is 229 Å². The van der Waals surface area contributed by atoms with Crippen molar-refractivity contribution in [2.45, 2.75) is 44.0 Å². The van der Waals surface area contributed by atoms with E-state index >= 15 is 0 Å². The van der Waals surface area contributed by atoms with Gasteiger partial charge in [0.25, 0.3) is 0 Å². The third-order valence-electron chi connectivity index (χ3n) is 6.68. The van der Waals surface area contributed by atoms with Gasteiger partial charge in [-0.2, -0.15) is 18.3 Å². The number of thiazole rings is 1. The Morgan fingerprint density at radius 1 is 1.20 bits per heavy atom. The SMILES string of the molecule is CNc1nc2cccc(-c3cc4c(-c5cnn(C6CCC(O)CC6)c5)cnc(N)c4o3)c2s1.O=C(O)C(F)(F)F. The molecule has 14 heteroatoms. The van der Waals surface area contributed by atoms with Gasteiger partial charge in [-0.05, 0) is 43.9 Å². The second kappa shape index (κ2) is 10.8. The number of rotatable bonds is 4. The van der Waals surface area contributed by atoms with E-state index in [9.17, 15) is 18.3 Å². The minimum Gasteiger partial charge on any atom is -0.475 e. The minimum absolute atomic E-state index is 0.186. The Morgan fingerprint density at radius 2 is 1.93 bits per heavy atom. The average molecular weight is 575 g/mol. The summed E-state index contributed by atoms with van der Waals surface area (Å²) in [5.74, 6) is -1.66. The Morgan fingerprint density at radius 3 is 2.60 bits per heavy atom. The number of carboxylic acid groups (broad SMARTS) is 1. The lowest BCUT2D eigenvalue weighted by Gasteiger charge is -2.25. The van der Waals surface area contributed by atoms with Crippen molar-refractivity contribution >= 4 is 49.4 Å². The first-order valence-electron chi connectivity index (χ1n) is 12.3. The number of nitrogen functional groups attached to an aromatic ring is 1. The molecule has 5 aromatic rings. The molecule has 0 bridgehead atoms. The van der Waals surface area contributed by atoms with Gasteiger partial charge in [-0.25, -0.2) is 14.8 Å². The number of nitrogens with one attached hydrogen (secondary N) is 1. The fourth-order valence-electron chi connectivity index (χ4n) is 4.66. The molecule has 5 N–H and O–H groups in total. The van der Waals surface area contributed by atoms with Crippen LogP contribution in [0, 0.1) is 0 Å². The number of aromatic nitrogens is 4. The second-order valence-electron chi connectivity index (χ2n) is 9.31. The summed E-state index contributed by atoms with van der Waals surface area (Å²) in [6, 6.07) is 8.36. The van der Waals surface area contributed by atoms with Gasteiger partial charge in [-0.1, -0.05) is 17.4 Å². The summed E-state index contributed by atoms with van der Waals surface area (Å²) in [6.45, 7) is 0. The van der Waals surface area contributed by atoms with E-state index in [2.05, 4.69) is 26.6 Å². The molecule has 0 spiro atoms. The van der Waals surface area contributed by atoms with Crippen LogP contribution < -0.4 is 11.1 Å². The lowest BCUT2D eigenvalue weighted by Crippen LogP contribution is -2.21. The summed E-state index contributed by atoms with van der Waals surface area (Å²) in [5, 5.41) is 26.4. The quantitative estimate of drug-likeness (QED) is 0.212. The molecular formula is C26H25F3N6O4S. The highest BCUT2D eigenvalue weighted by atomic mass is 32.1. The fourth-order valence-corrected chi connectivity index (χ4v) is 5.59. The number of hydrogen-bond acceptors (Lipinski definition) is 9. The lowest BCUT2D eigenvalue weighted by molar-refractivity contribution is -0.192. The zero-order chi connectivity index (χ0) is 28.6. The highest BCUT2D eigenvalue weighted by Gasteiger charge is 2.38. The number of nitrogens with two attached hydrogens (primary N) is 1. The normalized spacial score (nSPS) is 17.5. The number of alkyl halides is 3. The molecule has 1 aliphatic rings. The Hall–Kier alpha value is -4.17. The van der Waals surface area contributed by atoms with Gasteiger partial charge < -0.3 is 25.7 Å². The molecule has 0 unspecified atom stereocenters. The predicted octanol–water partition coefficient (Wildman–Crippen LogP) is 5.70. The number of fused-ring (bicyclic) bond motifs is 2. The largest absolute Gasteiger partial charge is 0.490 e. The van der Waals surface area contributed by atoms with Gasteiger partial charge in [0.2, 0.25) is 0 Å². The van der Waals surface area contributed by atoms with Crippen molar-refractivity contribution in [2.75, 3.05) is 18.1 Å². The molecule has 210 valence electrons. The third-order valence-corrected chi connectivity index (χ3v) is 7.80. The minimum atomic E-state index is -5.08. The molecule has 1 aromatic carbocycles. The first-order valence-corrected chi connectivity index (χ1v) is 13.1. The number of pyridine rings is 1. The maximum absolute atomic E-state index is 10.6. The number of carbonyl (C=O) groups is 1. The van der Waals surface area contributed by atoms with Gasteiger partial charge in [-0.3, -0.25) is 4.68 Å². The first-order chi connectivity index (χ1) is 19.0. The van der Waals surface area contributed by atoms with Gasteiger partial charge >= 0.3 is 12.1 Å². The number of anilines is 2. The van der Waals surface area contributed by atoms with E-state index in [1.807, 2.05) is 42.2 Å². The maximum atomic E-state index is 10.6. The van der Waals surface area contributed by atoms with Crippen LogP contribution in [-0.2, 0) is 4.79 Å². The summed E-state index contributed by atoms with van der Waals surface area (Å²) in [5.41, 5.74) is 10.6. The van der Waals surface area contributed by atoms with Crippen LogP contribution in [-0.4, -0.2) is 55.3 Å². The van der Waals surface area contributed by atoms with E-state index < -0.39 is 12.1 Å². The highest BCUT2D eigenvalue weighted by molar-refractivity contribution is 7.22. The van der Waals surface area contributed by atoms with Crippen LogP contribution >= 0.6 is 11.3 Å². The average Bonchev–Trinajstić information content (AvgIpc) is 3.67. The Balaban J connectivity index is 0.000000411. The van der Waals surface area contributed by atoms with E-state index in [1.165, 1.54) is 0 Å². The first kappa shape index (κ1) is 27.4. The van der Waals surface area contributed by atoms with Gasteiger partial charge in [0, 0.05) is 41.5 Å². The van der Waals surface area contributed by atoms with Crippen molar-refractivity contribution in [3.05, 3.63) is 42.9 Å². The standard InChI is InChI=1S/C24H24N6O2S.C2HF3O2/c1-26-24-29-19-4-2-3-16(22(19)33-24)20-9-17-18(11-27-23(25)21(17)32-20)13-10-28-30(12-13)14-5-7-15(31)8-6-14;3-2(4,5)1(6)7/h2-4,9-12,14-15,31H,5-8H2,1H3,(H2,25,27)(H,26,29);(H,6,7). The molecule has 40 heavy (non-hydrogen) atoms. The number of nitrogens with zero attached hydrogens (tertiary/aromatic N) is 4. The van der Waals surface area contributed by atoms with E-state index in [0.717, 1.165) is 68.9 Å². The predicted molar refractivity (Wildman–Crippen MR) is 145 cm³/mol. The third kappa shape index (κ3) is 5.45. The fraction of sp³-hybridized carbons (Fsp3) is 0.308. The molecule has 6 rings (SSSR count). The Kier molecular flexibility index (Phi) is 7.38. The molecule has 0 atom stereocenters. The van der Waals surface area contributed by atoms with E-state index in [1.54, 1.807) is 17.5 Å². The molecular weight excluding hydrogens is 549 g/mol. The topological polar surface area (TPSA) is 152 Å². The van der Waals surface area contributed by atoms with Crippen molar-refractivity contribution in [3.8, 4) is 22.5 Å². The van der Waals surface area contributed by atoms with Gasteiger partial charge in [0.15, 0.2) is 16.5 Å². The second-order valence-corrected chi connectivity index (χ2v) is 10.3. The van der Waals surface area contributed by atoms with Gasteiger partial charge in [0.05, 0.1) is 28.6 Å². The summed E-state index contributed by atoms with van der Waals surface area (Å²) >= 11 is 1.59. The monoisotopic (exact) mass is 574 g/mol. The van der Waals surface area contributed by atoms with Crippen molar-refractivity contribution in [2.24, 2.45) is 0 Å². The molecule has 0 aliphatic heterocycles. The summed E-state index contributed by atoms with van der Waals surface area (Å²) in [4.78, 5) is 17.9. The highest BCUT2D eigenvalue weighted by Crippen LogP contribution is 2.41. The van der Waals surface area contributed by atoms with Crippen LogP contribution in [0.5, 0.6) is 0 Å². The van der Waals surface area contributed by atoms with Crippen molar-refractivity contribution in [3.63, 3.8) is 0 Å². The number of hydrogen-bond donors (Lipinski definition) is 4. The van der Waals surface area contributed by atoms with Crippen molar-refractivity contribution in [1.29, 1.82) is 0 Å². The molecule has 4 heterocycles. The number of halogens is 3. The van der Waals surface area contributed by atoms with E-state index in [-0.39, 0.29) is 6.10 Å². The maximum Gasteiger partial charge on any atom is 0.490 e. The number of furan rings is 1. The van der Waals surface area contributed by atoms with Crippen molar-refractivity contribution < 1.29 is 32.6 Å². The Bertz CT molecular complexity index is 1670. The zero-order valence-electron chi connectivity index (χ0n) is 21.1. The molecule has 1 aliphatic carbocycles. The van der Waals surface area contributed by atoms with Crippen LogP contribution in [0.15, 0.2) is 47.3 Å². The molecule has 0 saturated heterocycles. The molecule has 0 amide bonds. The van der Waals surface area contributed by atoms with Crippen LogP contribution in [0.4, 0.5) is 24.1 Å². The molecule has 0 radical (unpaired) electrons. The van der Waals surface area contributed by atoms with Crippen molar-refractivity contribution in [1.82, 2.24) is 19.7 Å². The van der Waals surface area contributed by atoms with Crippen LogP contribution in [0.1, 0.15) is 31.7 Å². The van der Waals surface area contributed by atoms with E-state index in [4.69, 9.17) is 20.1 Å². The number of benzene rings is 1. The lowest BCUT2D eigenvalue weighted by atomic mass is 9.93. The summed E-state index contributed by atoms with van der Waals surface area (Å²) in [7, 11) is 1.87.